The van der Waals surface area contributed by atoms with Crippen LogP contribution < -0.4 is 0 Å². The monoisotopic (exact) mass is 595 g/mol. The van der Waals surface area contributed by atoms with Gasteiger partial charge in [0.15, 0.2) is 5.58 Å². The number of halogens is 2. The third-order valence-electron chi connectivity index (χ3n) is 7.95. The van der Waals surface area contributed by atoms with Crippen LogP contribution in [0.4, 0.5) is 8.78 Å². The van der Waals surface area contributed by atoms with Crippen LogP contribution in [0.25, 0.3) is 33.7 Å². The highest BCUT2D eigenvalue weighted by atomic mass is 19.3. The van der Waals surface area contributed by atoms with Gasteiger partial charge in [-0.15, -0.1) is 10.2 Å². The zero-order chi connectivity index (χ0) is 30.2. The van der Waals surface area contributed by atoms with Crippen LogP contribution in [0.15, 0.2) is 83.7 Å². The molecule has 6 aromatic rings. The van der Waals surface area contributed by atoms with Crippen molar-refractivity contribution in [3.8, 4) is 22.6 Å². The van der Waals surface area contributed by atoms with Crippen molar-refractivity contribution in [3.63, 3.8) is 0 Å². The van der Waals surface area contributed by atoms with E-state index in [0.717, 1.165) is 16.7 Å². The summed E-state index contributed by atoms with van der Waals surface area (Å²) in [5.41, 5.74) is 5.12. The summed E-state index contributed by atoms with van der Waals surface area (Å²) in [4.78, 5) is 25.6. The van der Waals surface area contributed by atoms with Gasteiger partial charge in [0.25, 0.3) is 5.91 Å². The lowest BCUT2D eigenvalue weighted by Crippen LogP contribution is -2.41. The number of piperidine rings is 1. The number of hydrogen-bond donors (Lipinski definition) is 0. The van der Waals surface area contributed by atoms with E-state index in [2.05, 4.69) is 30.5 Å². The summed E-state index contributed by atoms with van der Waals surface area (Å²) in [6.07, 6.45) is 3.75. The molecule has 13 heteroatoms. The number of carbonyl (C=O) groups is 1. The largest absolute Gasteiger partial charge is 0.436 e. The van der Waals surface area contributed by atoms with E-state index >= 15 is 0 Å². The molecule has 44 heavy (non-hydrogen) atoms. The van der Waals surface area contributed by atoms with Crippen LogP contribution in [0, 0.1) is 5.92 Å². The molecular formula is C31H27F2N9O2. The molecule has 1 saturated heterocycles. The van der Waals surface area contributed by atoms with E-state index in [1.165, 1.54) is 4.80 Å². The molecule has 7 rings (SSSR count). The number of amides is 1. The highest BCUT2D eigenvalue weighted by Gasteiger charge is 2.33. The standard InChI is InChI=1S/C31H27F2N9O2/c1-40-18-23(17-35-40)21-7-8-26-24(15-21)36-30(44-26)22-9-12-34-25(16-22)31(43)41-13-10-20(11-14-41)27(19-5-3-2-4-6-19)42-38-29(28(32)33)37-39-42/h2-9,12,15-18,20,27-28H,10-11,13-14H2,1H3/t27-/m0/s1. The smallest absolute Gasteiger partial charge is 0.301 e. The van der Waals surface area contributed by atoms with Gasteiger partial charge in [-0.2, -0.15) is 9.90 Å². The molecule has 0 bridgehead atoms. The van der Waals surface area contributed by atoms with E-state index < -0.39 is 12.2 Å². The number of tetrazole rings is 1. The maximum atomic E-state index is 13.5. The number of benzene rings is 2. The fraction of sp³-hybridized carbons (Fsp3) is 0.258. The van der Waals surface area contributed by atoms with Crippen LogP contribution in [0.1, 0.15) is 47.2 Å². The van der Waals surface area contributed by atoms with E-state index in [4.69, 9.17) is 4.42 Å². The molecule has 0 aliphatic carbocycles. The first-order valence-electron chi connectivity index (χ1n) is 14.2. The first-order chi connectivity index (χ1) is 21.4. The Hall–Kier alpha value is -5.33. The first-order valence-corrected chi connectivity index (χ1v) is 14.2. The van der Waals surface area contributed by atoms with Gasteiger partial charge in [0.1, 0.15) is 17.3 Å². The maximum Gasteiger partial charge on any atom is 0.301 e. The van der Waals surface area contributed by atoms with Gasteiger partial charge >= 0.3 is 6.43 Å². The number of likely N-dealkylation sites (tertiary alicyclic amines) is 1. The van der Waals surface area contributed by atoms with Crippen molar-refractivity contribution in [2.75, 3.05) is 13.1 Å². The van der Waals surface area contributed by atoms with Crippen molar-refractivity contribution < 1.29 is 18.0 Å². The molecule has 1 fully saturated rings. The Morgan fingerprint density at radius 2 is 1.82 bits per heavy atom. The molecule has 0 spiro atoms. The molecule has 11 nitrogen and oxygen atoms in total. The third kappa shape index (κ3) is 5.32. The topological polar surface area (TPSA) is 121 Å². The zero-order valence-electron chi connectivity index (χ0n) is 23.7. The number of fused-ring (bicyclic) bond motifs is 1. The Labute approximate surface area is 250 Å². The van der Waals surface area contributed by atoms with E-state index in [9.17, 15) is 13.6 Å². The minimum absolute atomic E-state index is 0.0109. The van der Waals surface area contributed by atoms with E-state index in [1.807, 2.05) is 61.8 Å². The second-order valence-corrected chi connectivity index (χ2v) is 10.8. The second kappa shape index (κ2) is 11.4. The van der Waals surface area contributed by atoms with Crippen molar-refractivity contribution in [2.24, 2.45) is 13.0 Å². The number of hydrogen-bond acceptors (Lipinski definition) is 8. The van der Waals surface area contributed by atoms with Crippen molar-refractivity contribution in [1.82, 2.24) is 44.9 Å². The molecular weight excluding hydrogens is 568 g/mol. The van der Waals surface area contributed by atoms with Crippen molar-refractivity contribution >= 4 is 17.0 Å². The van der Waals surface area contributed by atoms with Gasteiger partial charge < -0.3 is 9.32 Å². The minimum Gasteiger partial charge on any atom is -0.436 e. The number of nitrogens with zero attached hydrogens (tertiary/aromatic N) is 9. The minimum atomic E-state index is -2.80. The predicted octanol–water partition coefficient (Wildman–Crippen LogP) is 5.36. The molecule has 4 aromatic heterocycles. The maximum absolute atomic E-state index is 13.5. The summed E-state index contributed by atoms with van der Waals surface area (Å²) in [5.74, 6) is -0.391. The van der Waals surface area contributed by atoms with Crippen LogP contribution in [-0.2, 0) is 7.05 Å². The number of aromatic nitrogens is 8. The number of pyridine rings is 1. The molecule has 1 atom stereocenters. The highest BCUT2D eigenvalue weighted by molar-refractivity contribution is 5.93. The lowest BCUT2D eigenvalue weighted by molar-refractivity contribution is 0.0657. The normalized spacial score (nSPS) is 14.9. The summed E-state index contributed by atoms with van der Waals surface area (Å²) < 4.78 is 34.2. The van der Waals surface area contributed by atoms with Crippen LogP contribution >= 0.6 is 0 Å². The quantitative estimate of drug-likeness (QED) is 0.242. The molecule has 5 heterocycles. The fourth-order valence-corrected chi connectivity index (χ4v) is 5.75. The summed E-state index contributed by atoms with van der Waals surface area (Å²) in [5, 5.41) is 15.7. The summed E-state index contributed by atoms with van der Waals surface area (Å²) in [6, 6.07) is 18.4. The predicted molar refractivity (Wildman–Crippen MR) is 155 cm³/mol. The van der Waals surface area contributed by atoms with Gasteiger partial charge in [0.2, 0.25) is 11.7 Å². The average molecular weight is 596 g/mol. The molecule has 222 valence electrons. The summed E-state index contributed by atoms with van der Waals surface area (Å²) in [6.45, 7) is 0.935. The van der Waals surface area contributed by atoms with Gasteiger partial charge in [-0.3, -0.25) is 14.5 Å². The molecule has 0 N–H and O–H groups in total. The van der Waals surface area contributed by atoms with Crippen molar-refractivity contribution in [1.29, 1.82) is 0 Å². The number of oxazole rings is 1. The second-order valence-electron chi connectivity index (χ2n) is 10.8. The van der Waals surface area contributed by atoms with Crippen molar-refractivity contribution in [3.05, 3.63) is 96.3 Å². The Morgan fingerprint density at radius 1 is 1.00 bits per heavy atom. The Kier molecular flexibility index (Phi) is 7.12. The average Bonchev–Trinajstić information content (AvgIpc) is 3.82. The lowest BCUT2D eigenvalue weighted by atomic mass is 9.85. The van der Waals surface area contributed by atoms with Crippen LogP contribution in [0.2, 0.25) is 0 Å². The number of alkyl halides is 2. The molecule has 1 amide bonds. The first kappa shape index (κ1) is 27.5. The number of aryl methyl sites for hydroxylation is 1. The summed E-state index contributed by atoms with van der Waals surface area (Å²) >= 11 is 0. The summed E-state index contributed by atoms with van der Waals surface area (Å²) in [7, 11) is 1.87. The molecule has 0 unspecified atom stereocenters. The lowest BCUT2D eigenvalue weighted by Gasteiger charge is -2.35. The number of rotatable bonds is 7. The zero-order valence-corrected chi connectivity index (χ0v) is 23.7. The van der Waals surface area contributed by atoms with Gasteiger partial charge in [-0.1, -0.05) is 36.4 Å². The van der Waals surface area contributed by atoms with Crippen LogP contribution in [-0.4, -0.2) is 63.9 Å². The molecule has 2 aromatic carbocycles. The number of carbonyl (C=O) groups excluding carboxylic acids is 1. The molecule has 0 radical (unpaired) electrons. The van der Waals surface area contributed by atoms with E-state index in [1.54, 1.807) is 34.1 Å². The van der Waals surface area contributed by atoms with Crippen LogP contribution in [0.5, 0.6) is 0 Å². The van der Waals surface area contributed by atoms with Crippen molar-refractivity contribution in [2.45, 2.75) is 25.3 Å². The van der Waals surface area contributed by atoms with E-state index in [0.29, 0.717) is 54.2 Å². The van der Waals surface area contributed by atoms with Gasteiger partial charge in [-0.05, 0) is 59.4 Å². The Bertz CT molecular complexity index is 1930. The Morgan fingerprint density at radius 3 is 2.55 bits per heavy atom. The SMILES string of the molecule is Cn1cc(-c2ccc3oc(-c4ccnc(C(=O)N5CCC([C@H](c6ccccc6)n6nnc(C(F)F)n6)CC5)c4)nc3c2)cn1. The Balaban J connectivity index is 1.08. The van der Waals surface area contributed by atoms with Gasteiger partial charge in [-0.25, -0.2) is 13.8 Å². The fourth-order valence-electron chi connectivity index (χ4n) is 5.75. The van der Waals surface area contributed by atoms with Gasteiger partial charge in [0, 0.05) is 43.7 Å². The third-order valence-corrected chi connectivity index (χ3v) is 7.95. The highest BCUT2D eigenvalue weighted by Crippen LogP contribution is 2.34. The van der Waals surface area contributed by atoms with Crippen LogP contribution in [0.3, 0.4) is 0 Å². The molecule has 1 aliphatic rings. The molecule has 0 saturated carbocycles. The van der Waals surface area contributed by atoms with E-state index in [-0.39, 0.29) is 17.9 Å². The van der Waals surface area contributed by atoms with Gasteiger partial charge in [0.05, 0.1) is 6.20 Å². The molecule has 1 aliphatic heterocycles.